The molecule has 0 fully saturated rings. The van der Waals surface area contributed by atoms with Crippen molar-refractivity contribution in [1.82, 2.24) is 4.98 Å². The van der Waals surface area contributed by atoms with Gasteiger partial charge in [-0.2, -0.15) is 0 Å². The van der Waals surface area contributed by atoms with E-state index < -0.39 is 8.07 Å². The van der Waals surface area contributed by atoms with Gasteiger partial charge in [0, 0.05) is 16.1 Å². The maximum absolute atomic E-state index is 13.9. The standard InChI is InChI=1S/C19H22FNSi/c1-4-22(5-2,6-3)19-17-13-14(20)11-12-15(17)16-9-7-8-10-18(16)21-19/h7-13H,4-6H2,1-3H3. The molecule has 0 bridgehead atoms. The van der Waals surface area contributed by atoms with Crippen LogP contribution in [-0.2, 0) is 0 Å². The molecule has 1 heterocycles. The summed E-state index contributed by atoms with van der Waals surface area (Å²) in [6, 6.07) is 16.8. The quantitative estimate of drug-likeness (QED) is 0.474. The third-order valence-corrected chi connectivity index (χ3v) is 10.6. The third kappa shape index (κ3) is 2.24. The average Bonchev–Trinajstić information content (AvgIpc) is 2.56. The molecule has 0 saturated carbocycles. The van der Waals surface area contributed by atoms with Crippen molar-refractivity contribution in [2.75, 3.05) is 0 Å². The van der Waals surface area contributed by atoms with Crippen molar-refractivity contribution in [3.8, 4) is 0 Å². The van der Waals surface area contributed by atoms with E-state index in [2.05, 4.69) is 32.9 Å². The molecule has 3 rings (SSSR count). The highest BCUT2D eigenvalue weighted by Gasteiger charge is 2.33. The normalized spacial score (nSPS) is 12.2. The van der Waals surface area contributed by atoms with Crippen molar-refractivity contribution in [3.63, 3.8) is 0 Å². The van der Waals surface area contributed by atoms with Gasteiger partial charge >= 0.3 is 0 Å². The van der Waals surface area contributed by atoms with E-state index in [1.807, 2.05) is 18.2 Å². The zero-order valence-electron chi connectivity index (χ0n) is 13.5. The molecule has 0 N–H and O–H groups in total. The number of hydrogen-bond donors (Lipinski definition) is 0. The molecule has 22 heavy (non-hydrogen) atoms. The Labute approximate surface area is 132 Å². The van der Waals surface area contributed by atoms with Crippen LogP contribution in [0.2, 0.25) is 18.1 Å². The first-order valence-electron chi connectivity index (χ1n) is 8.13. The highest BCUT2D eigenvalue weighted by Crippen LogP contribution is 2.28. The molecule has 1 aromatic heterocycles. The van der Waals surface area contributed by atoms with Crippen LogP contribution in [0.15, 0.2) is 42.5 Å². The van der Waals surface area contributed by atoms with E-state index in [1.54, 1.807) is 12.1 Å². The SMILES string of the molecule is CC[Si](CC)(CC)c1nc2ccccc2c2ccc(F)cc12. The fourth-order valence-electron chi connectivity index (χ4n) is 3.58. The van der Waals surface area contributed by atoms with E-state index in [0.717, 1.165) is 39.8 Å². The second kappa shape index (κ2) is 5.80. The number of rotatable bonds is 4. The van der Waals surface area contributed by atoms with E-state index in [-0.39, 0.29) is 5.82 Å². The fourth-order valence-corrected chi connectivity index (χ4v) is 7.22. The van der Waals surface area contributed by atoms with Crippen LogP contribution in [0.4, 0.5) is 4.39 Å². The summed E-state index contributed by atoms with van der Waals surface area (Å²) < 4.78 is 13.9. The summed E-state index contributed by atoms with van der Waals surface area (Å²) in [4.78, 5) is 5.02. The van der Waals surface area contributed by atoms with Crippen molar-refractivity contribution < 1.29 is 4.39 Å². The van der Waals surface area contributed by atoms with Crippen LogP contribution in [0.25, 0.3) is 21.7 Å². The van der Waals surface area contributed by atoms with Crippen LogP contribution in [0.5, 0.6) is 0 Å². The van der Waals surface area contributed by atoms with E-state index >= 15 is 0 Å². The Morgan fingerprint density at radius 3 is 2.23 bits per heavy atom. The highest BCUT2D eigenvalue weighted by molar-refractivity contribution is 6.92. The van der Waals surface area contributed by atoms with Gasteiger partial charge in [-0.1, -0.05) is 63.2 Å². The minimum Gasteiger partial charge on any atom is -0.257 e. The number of nitrogens with zero attached hydrogens (tertiary/aromatic N) is 1. The predicted octanol–water partition coefficient (Wildman–Crippen LogP) is 5.24. The Morgan fingerprint density at radius 1 is 0.864 bits per heavy atom. The summed E-state index contributed by atoms with van der Waals surface area (Å²) in [6.07, 6.45) is 0. The first kappa shape index (κ1) is 15.2. The Balaban J connectivity index is 2.48. The molecule has 1 nitrogen and oxygen atoms in total. The van der Waals surface area contributed by atoms with E-state index in [0.29, 0.717) is 0 Å². The van der Waals surface area contributed by atoms with Gasteiger partial charge in [-0.15, -0.1) is 0 Å². The second-order valence-corrected chi connectivity index (χ2v) is 11.2. The maximum atomic E-state index is 13.9. The molecule has 3 heteroatoms. The Morgan fingerprint density at radius 2 is 1.55 bits per heavy atom. The van der Waals surface area contributed by atoms with Crippen molar-refractivity contribution in [1.29, 1.82) is 0 Å². The van der Waals surface area contributed by atoms with Gasteiger partial charge in [0.1, 0.15) is 13.9 Å². The number of hydrogen-bond acceptors (Lipinski definition) is 1. The smallest absolute Gasteiger partial charge is 0.123 e. The average molecular weight is 311 g/mol. The van der Waals surface area contributed by atoms with Crippen LogP contribution in [0.1, 0.15) is 20.8 Å². The topological polar surface area (TPSA) is 12.9 Å². The summed E-state index contributed by atoms with van der Waals surface area (Å²) in [7, 11) is -1.68. The van der Waals surface area contributed by atoms with Crippen LogP contribution >= 0.6 is 0 Å². The number of para-hydroxylation sites is 1. The van der Waals surface area contributed by atoms with Gasteiger partial charge in [-0.3, -0.25) is 4.98 Å². The molecule has 0 saturated heterocycles. The molecule has 0 unspecified atom stereocenters. The molecular formula is C19H22FNSi. The van der Waals surface area contributed by atoms with Crippen molar-refractivity contribution in [2.45, 2.75) is 38.9 Å². The maximum Gasteiger partial charge on any atom is 0.123 e. The molecule has 114 valence electrons. The van der Waals surface area contributed by atoms with Gasteiger partial charge < -0.3 is 0 Å². The molecule has 0 aliphatic carbocycles. The lowest BCUT2D eigenvalue weighted by Crippen LogP contribution is -2.48. The van der Waals surface area contributed by atoms with E-state index in [9.17, 15) is 4.39 Å². The third-order valence-electron chi connectivity index (χ3n) is 5.20. The summed E-state index contributed by atoms with van der Waals surface area (Å²) in [6.45, 7) is 6.80. The molecule has 0 aliphatic rings. The Bertz CT molecular complexity index is 816. The summed E-state index contributed by atoms with van der Waals surface area (Å²) in [5.41, 5.74) is 1.03. The summed E-state index contributed by atoms with van der Waals surface area (Å²) in [5.74, 6) is -0.169. The number of halogens is 1. The monoisotopic (exact) mass is 311 g/mol. The fraction of sp³-hybridized carbons (Fsp3) is 0.316. The molecule has 0 radical (unpaired) electrons. The molecule has 0 atom stereocenters. The minimum atomic E-state index is -1.68. The van der Waals surface area contributed by atoms with Crippen LogP contribution in [0, 0.1) is 5.82 Å². The van der Waals surface area contributed by atoms with Crippen LogP contribution in [0.3, 0.4) is 0 Å². The van der Waals surface area contributed by atoms with Gasteiger partial charge in [-0.05, 0) is 23.6 Å². The zero-order valence-corrected chi connectivity index (χ0v) is 14.5. The molecule has 0 amide bonds. The van der Waals surface area contributed by atoms with Crippen molar-refractivity contribution in [2.24, 2.45) is 0 Å². The van der Waals surface area contributed by atoms with Crippen LogP contribution in [-0.4, -0.2) is 13.1 Å². The van der Waals surface area contributed by atoms with Crippen LogP contribution < -0.4 is 5.32 Å². The van der Waals surface area contributed by atoms with E-state index in [1.165, 1.54) is 5.32 Å². The largest absolute Gasteiger partial charge is 0.257 e. The second-order valence-electron chi connectivity index (χ2n) is 6.01. The zero-order chi connectivity index (χ0) is 15.7. The lowest BCUT2D eigenvalue weighted by molar-refractivity contribution is 0.630. The van der Waals surface area contributed by atoms with Gasteiger partial charge in [0.15, 0.2) is 0 Å². The summed E-state index contributed by atoms with van der Waals surface area (Å²) in [5, 5.41) is 4.46. The number of benzene rings is 2. The highest BCUT2D eigenvalue weighted by atomic mass is 28.3. The number of aromatic nitrogens is 1. The Kier molecular flexibility index (Phi) is 4.00. The predicted molar refractivity (Wildman–Crippen MR) is 96.0 cm³/mol. The van der Waals surface area contributed by atoms with E-state index in [4.69, 9.17) is 4.98 Å². The van der Waals surface area contributed by atoms with Crippen molar-refractivity contribution >= 4 is 35.1 Å². The first-order chi connectivity index (χ1) is 10.6. The number of pyridine rings is 1. The molecular weight excluding hydrogens is 289 g/mol. The lowest BCUT2D eigenvalue weighted by atomic mass is 10.1. The minimum absolute atomic E-state index is 0.169. The van der Waals surface area contributed by atoms with Gasteiger partial charge in [0.05, 0.1) is 5.52 Å². The molecule has 3 aromatic rings. The van der Waals surface area contributed by atoms with Gasteiger partial charge in [0.2, 0.25) is 0 Å². The molecule has 0 spiro atoms. The van der Waals surface area contributed by atoms with Crippen molar-refractivity contribution in [3.05, 3.63) is 48.3 Å². The lowest BCUT2D eigenvalue weighted by Gasteiger charge is -2.29. The first-order valence-corrected chi connectivity index (χ1v) is 10.8. The Hall–Kier alpha value is -1.74. The number of fused-ring (bicyclic) bond motifs is 3. The summed E-state index contributed by atoms with van der Waals surface area (Å²) >= 11 is 0. The molecule has 2 aromatic carbocycles. The van der Waals surface area contributed by atoms with Gasteiger partial charge in [0.25, 0.3) is 0 Å². The van der Waals surface area contributed by atoms with Gasteiger partial charge in [-0.25, -0.2) is 4.39 Å². The molecule has 0 aliphatic heterocycles.